The molecule has 1 saturated carbocycles. The van der Waals surface area contributed by atoms with Crippen molar-refractivity contribution in [2.45, 2.75) is 37.8 Å². The highest BCUT2D eigenvalue weighted by atomic mass is 35.5. The monoisotopic (exact) mass is 363 g/mol. The van der Waals surface area contributed by atoms with Gasteiger partial charge in [-0.25, -0.2) is 0 Å². The van der Waals surface area contributed by atoms with Crippen molar-refractivity contribution >= 4 is 11.6 Å². The molecular formula is C18H26ClN5O. The highest BCUT2D eigenvalue weighted by Gasteiger charge is 2.31. The summed E-state index contributed by atoms with van der Waals surface area (Å²) in [5.74, 6) is 3.26. The second-order valence-electron chi connectivity index (χ2n) is 6.83. The van der Waals surface area contributed by atoms with E-state index in [-0.39, 0.29) is 0 Å². The molecule has 1 fully saturated rings. The Kier molecular flexibility index (Phi) is 5.93. The van der Waals surface area contributed by atoms with Crippen molar-refractivity contribution in [2.75, 3.05) is 20.2 Å². The molecule has 3 rings (SSSR count). The third kappa shape index (κ3) is 4.51. The first-order valence-electron chi connectivity index (χ1n) is 8.74. The molecule has 0 aliphatic heterocycles. The molecule has 2 N–H and O–H groups in total. The number of halogens is 1. The summed E-state index contributed by atoms with van der Waals surface area (Å²) in [5, 5.41) is 9.37. The summed E-state index contributed by atoms with van der Waals surface area (Å²) in [6.45, 7) is 2.33. The number of benzene rings is 1. The summed E-state index contributed by atoms with van der Waals surface area (Å²) in [5.41, 5.74) is 5.88. The lowest BCUT2D eigenvalue weighted by molar-refractivity contribution is 0.254. The third-order valence-corrected chi connectivity index (χ3v) is 5.04. The minimum Gasteiger partial charge on any atom is -0.492 e. The van der Waals surface area contributed by atoms with Crippen LogP contribution in [0.25, 0.3) is 0 Å². The summed E-state index contributed by atoms with van der Waals surface area (Å²) in [6.07, 6.45) is 2.95. The highest BCUT2D eigenvalue weighted by Crippen LogP contribution is 2.34. The molecule has 0 unspecified atom stereocenters. The van der Waals surface area contributed by atoms with E-state index in [4.69, 9.17) is 22.1 Å². The zero-order valence-corrected chi connectivity index (χ0v) is 15.6. The predicted octanol–water partition coefficient (Wildman–Crippen LogP) is 2.57. The van der Waals surface area contributed by atoms with E-state index in [0.717, 1.165) is 49.8 Å². The van der Waals surface area contributed by atoms with Crippen LogP contribution in [0.3, 0.4) is 0 Å². The van der Waals surface area contributed by atoms with Gasteiger partial charge in [0.25, 0.3) is 0 Å². The van der Waals surface area contributed by atoms with E-state index in [9.17, 15) is 0 Å². The normalized spacial score (nSPS) is 19.9. The van der Waals surface area contributed by atoms with Gasteiger partial charge < -0.3 is 15.0 Å². The maximum Gasteiger partial charge on any atom is 0.146 e. The first-order chi connectivity index (χ1) is 12.0. The molecule has 1 aliphatic rings. The van der Waals surface area contributed by atoms with E-state index in [2.05, 4.69) is 26.7 Å². The maximum absolute atomic E-state index is 6.08. The van der Waals surface area contributed by atoms with Crippen LogP contribution in [0.5, 0.6) is 5.75 Å². The lowest BCUT2D eigenvalue weighted by Crippen LogP contribution is -2.36. The minimum absolute atomic E-state index is 0.325. The van der Waals surface area contributed by atoms with Gasteiger partial charge in [-0.1, -0.05) is 23.7 Å². The van der Waals surface area contributed by atoms with Gasteiger partial charge in [0.1, 0.15) is 17.4 Å². The topological polar surface area (TPSA) is 69.2 Å². The second kappa shape index (κ2) is 8.17. The molecule has 7 heteroatoms. The van der Waals surface area contributed by atoms with Gasteiger partial charge in [-0.2, -0.15) is 0 Å². The number of nitrogens with two attached hydrogens (primary N) is 1. The van der Waals surface area contributed by atoms with Crippen molar-refractivity contribution < 1.29 is 4.74 Å². The van der Waals surface area contributed by atoms with Crippen molar-refractivity contribution in [3.05, 3.63) is 40.9 Å². The van der Waals surface area contributed by atoms with Crippen LogP contribution in [-0.2, 0) is 13.6 Å². The fourth-order valence-corrected chi connectivity index (χ4v) is 3.33. The van der Waals surface area contributed by atoms with Crippen molar-refractivity contribution in [2.24, 2.45) is 12.8 Å². The van der Waals surface area contributed by atoms with Gasteiger partial charge in [0.05, 0.1) is 18.2 Å². The van der Waals surface area contributed by atoms with Gasteiger partial charge >= 0.3 is 0 Å². The number of aromatic nitrogens is 3. The predicted molar refractivity (Wildman–Crippen MR) is 98.9 cm³/mol. The summed E-state index contributed by atoms with van der Waals surface area (Å²) >= 11 is 6.08. The van der Waals surface area contributed by atoms with Gasteiger partial charge in [-0.05, 0) is 38.4 Å². The number of hydrogen-bond acceptors (Lipinski definition) is 5. The second-order valence-corrected chi connectivity index (χ2v) is 7.24. The van der Waals surface area contributed by atoms with Gasteiger partial charge in [0.2, 0.25) is 0 Å². The molecular weight excluding hydrogens is 338 g/mol. The zero-order chi connectivity index (χ0) is 17.8. The Morgan fingerprint density at radius 1 is 1.32 bits per heavy atom. The summed E-state index contributed by atoms with van der Waals surface area (Å²) in [4.78, 5) is 2.23. The molecule has 1 aromatic carbocycles. The fraction of sp³-hybridized carbons (Fsp3) is 0.556. The van der Waals surface area contributed by atoms with Crippen LogP contribution in [0, 0.1) is 0 Å². The van der Waals surface area contributed by atoms with E-state index in [0.29, 0.717) is 23.6 Å². The van der Waals surface area contributed by atoms with Gasteiger partial charge in [0, 0.05) is 25.6 Å². The van der Waals surface area contributed by atoms with E-state index in [1.807, 2.05) is 31.3 Å². The Labute approximate surface area is 153 Å². The molecule has 0 amide bonds. The van der Waals surface area contributed by atoms with Crippen LogP contribution in [-0.4, -0.2) is 45.9 Å². The van der Waals surface area contributed by atoms with Crippen LogP contribution in [0.1, 0.15) is 36.8 Å². The molecule has 25 heavy (non-hydrogen) atoms. The average Bonchev–Trinajstić information content (AvgIpc) is 2.91. The lowest BCUT2D eigenvalue weighted by Gasteiger charge is -2.31. The molecule has 1 aromatic heterocycles. The van der Waals surface area contributed by atoms with E-state index in [1.54, 1.807) is 0 Å². The molecule has 0 spiro atoms. The molecule has 0 saturated heterocycles. The Bertz CT molecular complexity index is 699. The van der Waals surface area contributed by atoms with Crippen molar-refractivity contribution in [1.29, 1.82) is 0 Å². The van der Waals surface area contributed by atoms with E-state index < -0.39 is 0 Å². The van der Waals surface area contributed by atoms with Crippen LogP contribution in [0.15, 0.2) is 24.3 Å². The SMILES string of the molecule is CN(CCCOc1ccccc1Cl)Cc1nnc(C2CC(N)C2)n1C. The minimum atomic E-state index is 0.325. The quantitative estimate of drug-likeness (QED) is 0.730. The Morgan fingerprint density at radius 3 is 2.80 bits per heavy atom. The number of nitrogens with zero attached hydrogens (tertiary/aromatic N) is 4. The molecule has 6 nitrogen and oxygen atoms in total. The summed E-state index contributed by atoms with van der Waals surface area (Å²) < 4.78 is 7.84. The van der Waals surface area contributed by atoms with Crippen LogP contribution in [0.4, 0.5) is 0 Å². The largest absolute Gasteiger partial charge is 0.492 e. The molecule has 0 bridgehead atoms. The van der Waals surface area contributed by atoms with Crippen LogP contribution < -0.4 is 10.5 Å². The van der Waals surface area contributed by atoms with Gasteiger partial charge in [-0.3, -0.25) is 4.90 Å². The highest BCUT2D eigenvalue weighted by molar-refractivity contribution is 6.32. The third-order valence-electron chi connectivity index (χ3n) is 4.73. The fourth-order valence-electron chi connectivity index (χ4n) is 3.14. The van der Waals surface area contributed by atoms with Crippen LogP contribution >= 0.6 is 11.6 Å². The Balaban J connectivity index is 1.42. The first-order valence-corrected chi connectivity index (χ1v) is 9.12. The number of rotatable bonds is 8. The van der Waals surface area contributed by atoms with Crippen molar-refractivity contribution in [3.8, 4) is 5.75 Å². The van der Waals surface area contributed by atoms with Gasteiger partial charge in [-0.15, -0.1) is 10.2 Å². The molecule has 2 aromatic rings. The summed E-state index contributed by atoms with van der Waals surface area (Å²) in [6, 6.07) is 7.87. The van der Waals surface area contributed by atoms with Crippen molar-refractivity contribution in [1.82, 2.24) is 19.7 Å². The number of hydrogen-bond donors (Lipinski definition) is 1. The lowest BCUT2D eigenvalue weighted by atomic mass is 9.80. The Hall–Kier alpha value is -1.63. The maximum atomic E-state index is 6.08. The van der Waals surface area contributed by atoms with Crippen LogP contribution in [0.2, 0.25) is 5.02 Å². The van der Waals surface area contributed by atoms with Gasteiger partial charge in [0.15, 0.2) is 0 Å². The standard InChI is InChI=1S/C18H26ClN5O/c1-23(8-5-9-25-16-7-4-3-6-15(16)19)12-17-21-22-18(24(17)2)13-10-14(20)11-13/h3-4,6-7,13-14H,5,8-12,20H2,1-2H3. The zero-order valence-electron chi connectivity index (χ0n) is 14.9. The van der Waals surface area contributed by atoms with E-state index in [1.165, 1.54) is 0 Å². The average molecular weight is 364 g/mol. The smallest absolute Gasteiger partial charge is 0.146 e. The summed E-state index contributed by atoms with van der Waals surface area (Å²) in [7, 11) is 4.13. The van der Waals surface area contributed by atoms with E-state index >= 15 is 0 Å². The molecule has 0 radical (unpaired) electrons. The van der Waals surface area contributed by atoms with Crippen molar-refractivity contribution in [3.63, 3.8) is 0 Å². The first kappa shape index (κ1) is 18.2. The Morgan fingerprint density at radius 2 is 2.08 bits per heavy atom. The molecule has 1 heterocycles. The number of ether oxygens (including phenoxy) is 1. The number of para-hydroxylation sites is 1. The molecule has 1 aliphatic carbocycles. The molecule has 136 valence electrons. The molecule has 0 atom stereocenters.